The summed E-state index contributed by atoms with van der Waals surface area (Å²) in [5.74, 6) is 2.31. The number of hydrogen-bond acceptors (Lipinski definition) is 4. The molecule has 3 heterocycles. The third-order valence-electron chi connectivity index (χ3n) is 5.15. The smallest absolute Gasteiger partial charge is 0.260 e. The monoisotopic (exact) mass is 342 g/mol. The summed E-state index contributed by atoms with van der Waals surface area (Å²) in [5.41, 5.74) is 1.80. The zero-order valence-corrected chi connectivity index (χ0v) is 15.0. The van der Waals surface area contributed by atoms with Gasteiger partial charge in [-0.2, -0.15) is 5.10 Å². The van der Waals surface area contributed by atoms with Crippen LogP contribution in [0.5, 0.6) is 5.75 Å². The van der Waals surface area contributed by atoms with Crippen LogP contribution in [-0.4, -0.2) is 53.4 Å². The lowest BCUT2D eigenvalue weighted by Crippen LogP contribution is -2.36. The predicted molar refractivity (Wildman–Crippen MR) is 91.1 cm³/mol. The van der Waals surface area contributed by atoms with Crippen molar-refractivity contribution in [2.24, 2.45) is 18.9 Å². The minimum Gasteiger partial charge on any atom is -0.480 e. The van der Waals surface area contributed by atoms with Crippen LogP contribution in [0.2, 0.25) is 0 Å². The minimum absolute atomic E-state index is 0. The molecule has 0 aromatic carbocycles. The lowest BCUT2D eigenvalue weighted by molar-refractivity contribution is -0.133. The highest BCUT2D eigenvalue weighted by Crippen LogP contribution is 2.27. The van der Waals surface area contributed by atoms with Gasteiger partial charge in [0, 0.05) is 20.1 Å². The summed E-state index contributed by atoms with van der Waals surface area (Å²) in [6, 6.07) is 0. The van der Waals surface area contributed by atoms with E-state index in [1.54, 1.807) is 4.68 Å². The predicted octanol–water partition coefficient (Wildman–Crippen LogP) is 1.30. The van der Waals surface area contributed by atoms with Crippen molar-refractivity contribution in [3.05, 3.63) is 11.4 Å². The van der Waals surface area contributed by atoms with Gasteiger partial charge < -0.3 is 15.0 Å². The zero-order valence-electron chi connectivity index (χ0n) is 14.2. The first-order chi connectivity index (χ1) is 10.6. The molecule has 6 nitrogen and oxygen atoms in total. The van der Waals surface area contributed by atoms with Gasteiger partial charge in [0.1, 0.15) is 5.69 Å². The van der Waals surface area contributed by atoms with Gasteiger partial charge in [0.05, 0.1) is 5.69 Å². The number of carbonyl (C=O) groups excluding carboxylic acids is 1. The second kappa shape index (κ2) is 7.53. The molecule has 0 aliphatic carbocycles. The number of hydrogen-bond donors (Lipinski definition) is 1. The number of halogens is 1. The van der Waals surface area contributed by atoms with Crippen LogP contribution in [0.15, 0.2) is 0 Å². The number of aromatic nitrogens is 2. The molecule has 1 N–H and O–H groups in total. The molecular formula is C16H27ClN4O2. The van der Waals surface area contributed by atoms with Crippen molar-refractivity contribution in [2.45, 2.75) is 26.7 Å². The van der Waals surface area contributed by atoms with Gasteiger partial charge in [0.15, 0.2) is 12.4 Å². The fourth-order valence-corrected chi connectivity index (χ4v) is 3.66. The van der Waals surface area contributed by atoms with Crippen molar-refractivity contribution in [3.63, 3.8) is 0 Å². The Labute approximate surface area is 144 Å². The highest BCUT2D eigenvalue weighted by molar-refractivity contribution is 5.85. The molecule has 2 aliphatic heterocycles. The first-order valence-electron chi connectivity index (χ1n) is 8.17. The molecule has 2 saturated heterocycles. The molecule has 1 amide bonds. The second-order valence-electron chi connectivity index (χ2n) is 6.55. The van der Waals surface area contributed by atoms with E-state index < -0.39 is 0 Å². The number of nitrogens with one attached hydrogen (secondary N) is 1. The van der Waals surface area contributed by atoms with Gasteiger partial charge in [-0.3, -0.25) is 9.48 Å². The van der Waals surface area contributed by atoms with Crippen molar-refractivity contribution in [1.82, 2.24) is 20.0 Å². The standard InChI is InChI=1S/C16H26N4O2.ClH/c1-11-16(12(2)19(3)18-11)22-10-15(21)20-6-4-13-8-17-9-14(13)5-7-20;/h13-14,17H,4-10H2,1-3H3;1H/t13-,14+;. The lowest BCUT2D eigenvalue weighted by Gasteiger charge is -2.21. The molecule has 0 saturated carbocycles. The zero-order chi connectivity index (χ0) is 15.7. The summed E-state index contributed by atoms with van der Waals surface area (Å²) in [6.45, 7) is 7.91. The van der Waals surface area contributed by atoms with E-state index in [4.69, 9.17) is 4.74 Å². The van der Waals surface area contributed by atoms with E-state index in [1.807, 2.05) is 25.8 Å². The van der Waals surface area contributed by atoms with Gasteiger partial charge >= 0.3 is 0 Å². The van der Waals surface area contributed by atoms with Crippen LogP contribution in [0.3, 0.4) is 0 Å². The molecule has 0 spiro atoms. The van der Waals surface area contributed by atoms with Crippen LogP contribution in [0.1, 0.15) is 24.2 Å². The van der Waals surface area contributed by atoms with Crippen LogP contribution in [-0.2, 0) is 11.8 Å². The van der Waals surface area contributed by atoms with Crippen molar-refractivity contribution >= 4 is 18.3 Å². The van der Waals surface area contributed by atoms with Crippen molar-refractivity contribution in [2.75, 3.05) is 32.8 Å². The normalized spacial score (nSPS) is 23.9. The van der Waals surface area contributed by atoms with Gasteiger partial charge in [0.25, 0.3) is 5.91 Å². The van der Waals surface area contributed by atoms with E-state index >= 15 is 0 Å². The van der Waals surface area contributed by atoms with Crippen LogP contribution >= 0.6 is 12.4 Å². The molecule has 2 atom stereocenters. The molecule has 2 aliphatic rings. The van der Waals surface area contributed by atoms with Gasteiger partial charge in [-0.25, -0.2) is 0 Å². The number of carbonyl (C=O) groups is 1. The Morgan fingerprint density at radius 3 is 2.39 bits per heavy atom. The van der Waals surface area contributed by atoms with Crippen LogP contribution in [0.4, 0.5) is 0 Å². The van der Waals surface area contributed by atoms with E-state index in [9.17, 15) is 4.79 Å². The number of ether oxygens (including phenoxy) is 1. The van der Waals surface area contributed by atoms with E-state index in [0.717, 1.165) is 68.0 Å². The van der Waals surface area contributed by atoms with Crippen molar-refractivity contribution in [3.8, 4) is 5.75 Å². The molecule has 2 fully saturated rings. The Bertz CT molecular complexity index is 547. The van der Waals surface area contributed by atoms with E-state index in [1.165, 1.54) is 0 Å². The number of nitrogens with zero attached hydrogens (tertiary/aromatic N) is 3. The SMILES string of the molecule is Cc1nn(C)c(C)c1OCC(=O)N1CC[C@@H]2CNC[C@@H]2CC1.Cl. The van der Waals surface area contributed by atoms with Crippen molar-refractivity contribution in [1.29, 1.82) is 0 Å². The van der Waals surface area contributed by atoms with Gasteiger partial charge in [-0.1, -0.05) is 0 Å². The summed E-state index contributed by atoms with van der Waals surface area (Å²) in [4.78, 5) is 14.4. The summed E-state index contributed by atoms with van der Waals surface area (Å²) in [6.07, 6.45) is 2.21. The number of rotatable bonds is 3. The van der Waals surface area contributed by atoms with Crippen LogP contribution in [0.25, 0.3) is 0 Å². The quantitative estimate of drug-likeness (QED) is 0.899. The fraction of sp³-hybridized carbons (Fsp3) is 0.750. The van der Waals surface area contributed by atoms with Crippen molar-refractivity contribution < 1.29 is 9.53 Å². The van der Waals surface area contributed by atoms with E-state index in [2.05, 4.69) is 10.4 Å². The molecule has 7 heteroatoms. The Hall–Kier alpha value is -1.27. The minimum atomic E-state index is 0. The molecule has 130 valence electrons. The average molecular weight is 343 g/mol. The molecule has 1 aromatic heterocycles. The molecule has 0 radical (unpaired) electrons. The molecule has 0 unspecified atom stereocenters. The topological polar surface area (TPSA) is 59.4 Å². The number of aryl methyl sites for hydroxylation is 2. The van der Waals surface area contributed by atoms with E-state index in [0.29, 0.717) is 0 Å². The first kappa shape index (κ1) is 18.1. The molecule has 3 rings (SSSR count). The summed E-state index contributed by atoms with van der Waals surface area (Å²) < 4.78 is 7.54. The molecule has 0 bridgehead atoms. The fourth-order valence-electron chi connectivity index (χ4n) is 3.66. The Morgan fingerprint density at radius 2 is 1.87 bits per heavy atom. The third kappa shape index (κ3) is 3.80. The average Bonchev–Trinajstić information content (AvgIpc) is 2.96. The Balaban J connectivity index is 0.00000192. The Morgan fingerprint density at radius 1 is 1.26 bits per heavy atom. The highest BCUT2D eigenvalue weighted by Gasteiger charge is 2.31. The maximum atomic E-state index is 12.4. The van der Waals surface area contributed by atoms with Crippen LogP contribution < -0.4 is 10.1 Å². The maximum absolute atomic E-state index is 12.4. The molecule has 1 aromatic rings. The summed E-state index contributed by atoms with van der Waals surface area (Å²) in [5, 5.41) is 7.77. The molecular weight excluding hydrogens is 316 g/mol. The number of amides is 1. The summed E-state index contributed by atoms with van der Waals surface area (Å²) in [7, 11) is 1.89. The van der Waals surface area contributed by atoms with Gasteiger partial charge in [-0.05, 0) is 51.6 Å². The van der Waals surface area contributed by atoms with Gasteiger partial charge in [0.2, 0.25) is 0 Å². The maximum Gasteiger partial charge on any atom is 0.260 e. The highest BCUT2D eigenvalue weighted by atomic mass is 35.5. The first-order valence-corrected chi connectivity index (χ1v) is 8.17. The Kier molecular flexibility index (Phi) is 5.92. The van der Waals surface area contributed by atoms with Crippen LogP contribution in [0, 0.1) is 25.7 Å². The lowest BCUT2D eigenvalue weighted by atomic mass is 9.92. The second-order valence-corrected chi connectivity index (χ2v) is 6.55. The van der Waals surface area contributed by atoms with E-state index in [-0.39, 0.29) is 24.9 Å². The van der Waals surface area contributed by atoms with Gasteiger partial charge in [-0.15, -0.1) is 12.4 Å². The summed E-state index contributed by atoms with van der Waals surface area (Å²) >= 11 is 0. The molecule has 23 heavy (non-hydrogen) atoms. The number of likely N-dealkylation sites (tertiary alicyclic amines) is 1. The third-order valence-corrected chi connectivity index (χ3v) is 5.15. The largest absolute Gasteiger partial charge is 0.480 e. The number of fused-ring (bicyclic) bond motifs is 1.